The molecule has 1 aromatic carbocycles. The van der Waals surface area contributed by atoms with Gasteiger partial charge in [-0.2, -0.15) is 0 Å². The maximum Gasteiger partial charge on any atom is 0.0897 e. The maximum atomic E-state index is 10.5. The Kier molecular flexibility index (Phi) is 3.67. The minimum absolute atomic E-state index is 0.270. The maximum absolute atomic E-state index is 10.5. The van der Waals surface area contributed by atoms with Gasteiger partial charge in [-0.05, 0) is 37.3 Å². The van der Waals surface area contributed by atoms with Crippen LogP contribution >= 0.6 is 11.3 Å². The van der Waals surface area contributed by atoms with Gasteiger partial charge in [-0.15, -0.1) is 11.3 Å². The van der Waals surface area contributed by atoms with Gasteiger partial charge < -0.3 is 5.11 Å². The van der Waals surface area contributed by atoms with Gasteiger partial charge in [-0.25, -0.2) is 4.98 Å². The summed E-state index contributed by atoms with van der Waals surface area (Å²) < 4.78 is 0. The molecule has 0 radical (unpaired) electrons. The largest absolute Gasteiger partial charge is 0.392 e. The van der Waals surface area contributed by atoms with Gasteiger partial charge in [-0.1, -0.05) is 24.3 Å². The van der Waals surface area contributed by atoms with Gasteiger partial charge in [-0.3, -0.25) is 0 Å². The molecule has 3 rings (SSSR count). The highest BCUT2D eigenvalue weighted by Gasteiger charge is 2.26. The summed E-state index contributed by atoms with van der Waals surface area (Å²) in [4.78, 5) is 4.46. The number of fused-ring (bicyclic) bond motifs is 1. The Morgan fingerprint density at radius 2 is 2.26 bits per heavy atom. The molecule has 0 spiro atoms. The average Bonchev–Trinajstić information content (AvgIpc) is 2.83. The molecular formula is C16H19NOS. The number of thiazole rings is 1. The first-order valence-electron chi connectivity index (χ1n) is 6.91. The summed E-state index contributed by atoms with van der Waals surface area (Å²) in [5.74, 6) is 0.270. The van der Waals surface area contributed by atoms with E-state index in [2.05, 4.69) is 34.6 Å². The van der Waals surface area contributed by atoms with Crippen molar-refractivity contribution in [1.29, 1.82) is 0 Å². The van der Waals surface area contributed by atoms with E-state index in [1.165, 1.54) is 17.5 Å². The molecule has 3 heteroatoms. The van der Waals surface area contributed by atoms with Crippen LogP contribution in [0.5, 0.6) is 0 Å². The fourth-order valence-corrected chi connectivity index (χ4v) is 3.68. The van der Waals surface area contributed by atoms with Gasteiger partial charge in [0.1, 0.15) is 0 Å². The van der Waals surface area contributed by atoms with Crippen LogP contribution in [0, 0.1) is 6.92 Å². The monoisotopic (exact) mass is 273 g/mol. The Labute approximate surface area is 118 Å². The molecule has 2 unspecified atom stereocenters. The lowest BCUT2D eigenvalue weighted by molar-refractivity contribution is 0.133. The number of rotatable bonds is 3. The summed E-state index contributed by atoms with van der Waals surface area (Å²) in [6, 6.07) is 8.55. The summed E-state index contributed by atoms with van der Waals surface area (Å²) in [7, 11) is 0. The Morgan fingerprint density at radius 3 is 3.05 bits per heavy atom. The third-order valence-corrected chi connectivity index (χ3v) is 4.79. The number of hydrogen-bond acceptors (Lipinski definition) is 3. The van der Waals surface area contributed by atoms with E-state index in [4.69, 9.17) is 0 Å². The van der Waals surface area contributed by atoms with Crippen molar-refractivity contribution < 1.29 is 5.11 Å². The van der Waals surface area contributed by atoms with E-state index in [0.717, 1.165) is 23.5 Å². The minimum atomic E-state index is -0.317. The smallest absolute Gasteiger partial charge is 0.0897 e. The van der Waals surface area contributed by atoms with E-state index in [9.17, 15) is 5.11 Å². The normalized spacial score (nSPS) is 20.0. The molecule has 2 aromatic rings. The standard InChI is InChI=1S/C16H19NOS/c1-11-17-13(10-19-11)9-16(18)15-8-4-6-12-5-2-3-7-14(12)15/h2-3,5,7,10,15-16,18H,4,6,8-9H2,1H3. The molecular weight excluding hydrogens is 254 g/mol. The first-order chi connectivity index (χ1) is 9.24. The molecule has 100 valence electrons. The topological polar surface area (TPSA) is 33.1 Å². The van der Waals surface area contributed by atoms with Crippen LogP contribution in [0.2, 0.25) is 0 Å². The SMILES string of the molecule is Cc1nc(CC(O)C2CCCc3ccccc32)cs1. The number of aryl methyl sites for hydroxylation is 2. The van der Waals surface area contributed by atoms with Crippen LogP contribution in [0.15, 0.2) is 29.6 Å². The molecule has 2 nitrogen and oxygen atoms in total. The molecule has 0 aliphatic heterocycles. The predicted molar refractivity (Wildman–Crippen MR) is 78.7 cm³/mol. The van der Waals surface area contributed by atoms with Crippen LogP contribution in [0.25, 0.3) is 0 Å². The fraction of sp³-hybridized carbons (Fsp3) is 0.438. The van der Waals surface area contributed by atoms with Crippen LogP contribution in [0.4, 0.5) is 0 Å². The van der Waals surface area contributed by atoms with Crippen LogP contribution in [0.3, 0.4) is 0 Å². The van der Waals surface area contributed by atoms with E-state index >= 15 is 0 Å². The molecule has 1 heterocycles. The van der Waals surface area contributed by atoms with E-state index in [1.54, 1.807) is 11.3 Å². The highest BCUT2D eigenvalue weighted by atomic mass is 32.1. The van der Waals surface area contributed by atoms with Gasteiger partial charge in [0.2, 0.25) is 0 Å². The van der Waals surface area contributed by atoms with Crippen molar-refractivity contribution >= 4 is 11.3 Å². The van der Waals surface area contributed by atoms with Crippen molar-refractivity contribution in [2.75, 3.05) is 0 Å². The van der Waals surface area contributed by atoms with E-state index in [1.807, 2.05) is 6.92 Å². The fourth-order valence-electron chi connectivity index (χ4n) is 3.05. The molecule has 1 aliphatic carbocycles. The zero-order valence-electron chi connectivity index (χ0n) is 11.2. The van der Waals surface area contributed by atoms with Gasteiger partial charge in [0.25, 0.3) is 0 Å². The molecule has 0 saturated heterocycles. The average molecular weight is 273 g/mol. The Hall–Kier alpha value is -1.19. The zero-order chi connectivity index (χ0) is 13.2. The number of nitrogens with zero attached hydrogens (tertiary/aromatic N) is 1. The van der Waals surface area contributed by atoms with Gasteiger partial charge in [0.15, 0.2) is 0 Å². The third-order valence-electron chi connectivity index (χ3n) is 3.97. The molecule has 0 bridgehead atoms. The molecule has 0 amide bonds. The van der Waals surface area contributed by atoms with Crippen molar-refractivity contribution in [1.82, 2.24) is 4.98 Å². The second kappa shape index (κ2) is 5.43. The van der Waals surface area contributed by atoms with Gasteiger partial charge >= 0.3 is 0 Å². The van der Waals surface area contributed by atoms with E-state index in [0.29, 0.717) is 6.42 Å². The second-order valence-corrected chi connectivity index (χ2v) is 6.39. The van der Waals surface area contributed by atoms with Crippen LogP contribution < -0.4 is 0 Å². The number of aliphatic hydroxyl groups excluding tert-OH is 1. The predicted octanol–water partition coefficient (Wildman–Crippen LogP) is 3.48. The Bertz CT molecular complexity index is 563. The van der Waals surface area contributed by atoms with Crippen molar-refractivity contribution in [3.05, 3.63) is 51.5 Å². The summed E-state index contributed by atoms with van der Waals surface area (Å²) in [6.07, 6.45) is 3.76. The quantitative estimate of drug-likeness (QED) is 0.929. The first-order valence-corrected chi connectivity index (χ1v) is 7.79. The van der Waals surface area contributed by atoms with Crippen LogP contribution in [-0.4, -0.2) is 16.2 Å². The molecule has 0 saturated carbocycles. The lowest BCUT2D eigenvalue weighted by Gasteiger charge is -2.29. The highest BCUT2D eigenvalue weighted by Crippen LogP contribution is 2.34. The number of aromatic nitrogens is 1. The summed E-state index contributed by atoms with van der Waals surface area (Å²) in [5, 5.41) is 13.7. The van der Waals surface area contributed by atoms with E-state index in [-0.39, 0.29) is 12.0 Å². The molecule has 19 heavy (non-hydrogen) atoms. The zero-order valence-corrected chi connectivity index (χ0v) is 12.0. The van der Waals surface area contributed by atoms with Crippen molar-refractivity contribution in [2.45, 2.75) is 44.6 Å². The van der Waals surface area contributed by atoms with Crippen molar-refractivity contribution in [3.8, 4) is 0 Å². The highest BCUT2D eigenvalue weighted by molar-refractivity contribution is 7.09. The Morgan fingerprint density at radius 1 is 1.42 bits per heavy atom. The first kappa shape index (κ1) is 12.8. The Balaban J connectivity index is 1.79. The second-order valence-electron chi connectivity index (χ2n) is 5.33. The summed E-state index contributed by atoms with van der Waals surface area (Å²) in [5.41, 5.74) is 3.78. The molecule has 1 aromatic heterocycles. The van der Waals surface area contributed by atoms with Crippen LogP contribution in [-0.2, 0) is 12.8 Å². The lowest BCUT2D eigenvalue weighted by Crippen LogP contribution is -2.25. The molecule has 0 fully saturated rings. The lowest BCUT2D eigenvalue weighted by atomic mass is 9.79. The minimum Gasteiger partial charge on any atom is -0.392 e. The van der Waals surface area contributed by atoms with Crippen LogP contribution in [0.1, 0.15) is 40.6 Å². The third kappa shape index (κ3) is 2.72. The van der Waals surface area contributed by atoms with Gasteiger partial charge in [0, 0.05) is 17.7 Å². The molecule has 2 atom stereocenters. The molecule has 1 aliphatic rings. The summed E-state index contributed by atoms with van der Waals surface area (Å²) in [6.45, 7) is 2.01. The number of benzene rings is 1. The number of hydrogen-bond donors (Lipinski definition) is 1. The van der Waals surface area contributed by atoms with Crippen molar-refractivity contribution in [2.24, 2.45) is 0 Å². The van der Waals surface area contributed by atoms with Gasteiger partial charge in [0.05, 0.1) is 16.8 Å². The molecule has 1 N–H and O–H groups in total. The van der Waals surface area contributed by atoms with E-state index < -0.39 is 0 Å². The van der Waals surface area contributed by atoms with Crippen molar-refractivity contribution in [3.63, 3.8) is 0 Å². The number of aliphatic hydroxyl groups is 1. The summed E-state index contributed by atoms with van der Waals surface area (Å²) >= 11 is 1.66.